The van der Waals surface area contributed by atoms with E-state index < -0.39 is 10.5 Å². The molecule has 9 nitrogen and oxygen atoms in total. The lowest BCUT2D eigenvalue weighted by atomic mass is 10.1. The quantitative estimate of drug-likeness (QED) is 0.212. The summed E-state index contributed by atoms with van der Waals surface area (Å²) >= 11 is 12.0. The maximum absolute atomic E-state index is 12.8. The van der Waals surface area contributed by atoms with Gasteiger partial charge in [0.05, 0.1) is 31.7 Å². The summed E-state index contributed by atoms with van der Waals surface area (Å²) in [6.07, 6.45) is 0.524. The van der Waals surface area contributed by atoms with Gasteiger partial charge in [-0.1, -0.05) is 41.4 Å². The maximum Gasteiger partial charge on any atom is 0.272 e. The smallest absolute Gasteiger partial charge is 0.272 e. The van der Waals surface area contributed by atoms with Crippen molar-refractivity contribution >= 4 is 69.2 Å². The van der Waals surface area contributed by atoms with Crippen molar-refractivity contribution in [1.29, 1.82) is 0 Å². The predicted molar refractivity (Wildman–Crippen MR) is 128 cm³/mol. The number of nitro groups is 1. The summed E-state index contributed by atoms with van der Waals surface area (Å²) in [6.45, 7) is 1.79. The van der Waals surface area contributed by atoms with Gasteiger partial charge in [-0.3, -0.25) is 29.6 Å². The minimum atomic E-state index is -0.634. The first-order valence-electron chi connectivity index (χ1n) is 9.53. The van der Waals surface area contributed by atoms with Gasteiger partial charge in [-0.15, -0.1) is 0 Å². The molecule has 0 spiro atoms. The van der Waals surface area contributed by atoms with Crippen molar-refractivity contribution < 1.29 is 9.72 Å². The second kappa shape index (κ2) is 8.89. The molecule has 0 saturated carbocycles. The lowest BCUT2D eigenvalue weighted by molar-refractivity contribution is -0.384. The Morgan fingerprint density at radius 1 is 1.09 bits per heavy atom. The summed E-state index contributed by atoms with van der Waals surface area (Å²) in [6, 6.07) is 14.1. The number of carbonyl (C=O) groups is 1. The number of nitro benzene ring substituents is 1. The molecule has 1 amide bonds. The Labute approximate surface area is 196 Å². The van der Waals surface area contributed by atoms with Crippen molar-refractivity contribution in [2.24, 2.45) is 0 Å². The molecule has 1 aromatic heterocycles. The number of anilines is 4. The van der Waals surface area contributed by atoms with E-state index in [-0.39, 0.29) is 28.2 Å². The second-order valence-corrected chi connectivity index (χ2v) is 7.86. The first-order chi connectivity index (χ1) is 15.8. The van der Waals surface area contributed by atoms with Gasteiger partial charge in [-0.05, 0) is 36.8 Å². The summed E-state index contributed by atoms with van der Waals surface area (Å²) in [5, 5.41) is 15.1. The molecule has 0 aliphatic rings. The van der Waals surface area contributed by atoms with Crippen LogP contribution in [0.1, 0.15) is 5.56 Å². The number of nitrogens with one attached hydrogen (secondary N) is 2. The molecular formula is C22H15Cl2N5O4. The number of amides is 1. The molecule has 11 heteroatoms. The number of aromatic nitrogens is 2. The number of halogens is 2. The van der Waals surface area contributed by atoms with E-state index in [0.29, 0.717) is 27.8 Å². The molecule has 0 radical (unpaired) electrons. The van der Waals surface area contributed by atoms with E-state index in [0.717, 1.165) is 11.6 Å². The zero-order chi connectivity index (χ0) is 23.7. The molecule has 1 heterocycles. The molecule has 0 bridgehead atoms. The van der Waals surface area contributed by atoms with Crippen LogP contribution in [0.3, 0.4) is 0 Å². The number of aryl methyl sites for hydroxylation is 1. The molecular weight excluding hydrogens is 469 g/mol. The van der Waals surface area contributed by atoms with E-state index in [1.165, 1.54) is 11.0 Å². The minimum Gasteiger partial charge on any atom is -0.326 e. The molecule has 0 atom stereocenters. The number of rotatable bonds is 6. The van der Waals surface area contributed by atoms with Gasteiger partial charge < -0.3 is 5.32 Å². The van der Waals surface area contributed by atoms with Crippen LogP contribution in [0.15, 0.2) is 59.4 Å². The fourth-order valence-electron chi connectivity index (χ4n) is 3.35. The molecule has 0 aliphatic heterocycles. The Kier molecular flexibility index (Phi) is 5.99. The van der Waals surface area contributed by atoms with Crippen LogP contribution in [0, 0.1) is 17.0 Å². The van der Waals surface area contributed by atoms with Crippen LogP contribution >= 0.6 is 23.2 Å². The molecule has 166 valence electrons. The maximum atomic E-state index is 12.8. The Morgan fingerprint density at radius 2 is 1.85 bits per heavy atom. The fourth-order valence-corrected chi connectivity index (χ4v) is 3.64. The number of para-hydroxylation sites is 1. The largest absolute Gasteiger partial charge is 0.326 e. The molecule has 0 unspecified atom stereocenters. The Balaban J connectivity index is 1.94. The minimum absolute atomic E-state index is 0.0423. The van der Waals surface area contributed by atoms with E-state index in [2.05, 4.69) is 15.3 Å². The first-order valence-corrected chi connectivity index (χ1v) is 10.3. The van der Waals surface area contributed by atoms with E-state index in [1.807, 2.05) is 0 Å². The summed E-state index contributed by atoms with van der Waals surface area (Å²) < 4.78 is 0. The number of carbonyl (C=O) groups excluding carboxylic acids is 1. The number of hydrogen-bond acceptors (Lipinski definition) is 6. The van der Waals surface area contributed by atoms with Gasteiger partial charge in [0.2, 0.25) is 12.4 Å². The highest BCUT2D eigenvalue weighted by Gasteiger charge is 2.22. The zero-order valence-corrected chi connectivity index (χ0v) is 18.5. The van der Waals surface area contributed by atoms with Gasteiger partial charge in [0, 0.05) is 17.8 Å². The first kappa shape index (κ1) is 22.3. The van der Waals surface area contributed by atoms with Gasteiger partial charge in [0.1, 0.15) is 5.52 Å². The zero-order valence-electron chi connectivity index (χ0n) is 17.0. The third-order valence-corrected chi connectivity index (χ3v) is 5.65. The van der Waals surface area contributed by atoms with E-state index in [9.17, 15) is 19.7 Å². The van der Waals surface area contributed by atoms with Crippen molar-refractivity contribution in [2.45, 2.75) is 6.92 Å². The van der Waals surface area contributed by atoms with E-state index >= 15 is 0 Å². The van der Waals surface area contributed by atoms with Crippen molar-refractivity contribution in [3.8, 4) is 0 Å². The number of non-ortho nitro benzene ring substituents is 1. The highest BCUT2D eigenvalue weighted by molar-refractivity contribution is 6.42. The highest BCUT2D eigenvalue weighted by Crippen LogP contribution is 2.35. The Morgan fingerprint density at radius 3 is 2.52 bits per heavy atom. The molecule has 0 fully saturated rings. The molecule has 0 aliphatic carbocycles. The third kappa shape index (κ3) is 4.36. The van der Waals surface area contributed by atoms with Gasteiger partial charge in [-0.2, -0.15) is 0 Å². The second-order valence-electron chi connectivity index (χ2n) is 7.05. The number of hydrogen-bond donors (Lipinski definition) is 2. The standard InChI is InChI=1S/C22H15Cl2N5O4/c1-12-4-2-3-5-18(12)28(11-30)19-10-14(29(32)33)9-15-20(19)26-22(27-21(15)31)25-13-6-7-16(23)17(24)8-13/h2-11H,1H3,(H2,25,26,27,31). The summed E-state index contributed by atoms with van der Waals surface area (Å²) in [5.74, 6) is 0.0524. The number of fused-ring (bicyclic) bond motifs is 1. The normalized spacial score (nSPS) is 10.8. The van der Waals surface area contributed by atoms with Crippen molar-refractivity contribution in [3.63, 3.8) is 0 Å². The fraction of sp³-hybridized carbons (Fsp3) is 0.0455. The molecule has 4 aromatic rings. The lowest BCUT2D eigenvalue weighted by Gasteiger charge is -2.21. The average Bonchev–Trinajstić information content (AvgIpc) is 2.78. The van der Waals surface area contributed by atoms with Crippen LogP contribution < -0.4 is 15.8 Å². The van der Waals surface area contributed by atoms with Crippen LogP contribution in [-0.2, 0) is 4.79 Å². The topological polar surface area (TPSA) is 121 Å². The Hall–Kier alpha value is -3.95. The monoisotopic (exact) mass is 483 g/mol. The molecule has 3 aromatic carbocycles. The van der Waals surface area contributed by atoms with E-state index in [1.54, 1.807) is 49.4 Å². The van der Waals surface area contributed by atoms with Gasteiger partial charge >= 0.3 is 0 Å². The number of aromatic amines is 1. The van der Waals surface area contributed by atoms with Gasteiger partial charge in [-0.25, -0.2) is 4.98 Å². The molecule has 33 heavy (non-hydrogen) atoms. The predicted octanol–water partition coefficient (Wildman–Crippen LogP) is 5.48. The number of nitrogens with zero attached hydrogens (tertiary/aromatic N) is 3. The van der Waals surface area contributed by atoms with Crippen molar-refractivity contribution in [3.05, 3.63) is 90.7 Å². The van der Waals surface area contributed by atoms with Crippen LogP contribution in [0.2, 0.25) is 10.0 Å². The van der Waals surface area contributed by atoms with Gasteiger partial charge in [0.25, 0.3) is 11.2 Å². The number of H-pyrrole nitrogens is 1. The van der Waals surface area contributed by atoms with Crippen LogP contribution in [0.25, 0.3) is 10.9 Å². The molecule has 0 saturated heterocycles. The molecule has 2 N–H and O–H groups in total. The van der Waals surface area contributed by atoms with Gasteiger partial charge in [0.15, 0.2) is 0 Å². The third-order valence-electron chi connectivity index (χ3n) is 4.91. The van der Waals surface area contributed by atoms with Crippen LogP contribution in [-0.4, -0.2) is 21.3 Å². The molecule has 4 rings (SSSR count). The van der Waals surface area contributed by atoms with Crippen LogP contribution in [0.5, 0.6) is 0 Å². The summed E-state index contributed by atoms with van der Waals surface area (Å²) in [4.78, 5) is 44.1. The van der Waals surface area contributed by atoms with Crippen molar-refractivity contribution in [2.75, 3.05) is 10.2 Å². The highest BCUT2D eigenvalue weighted by atomic mass is 35.5. The summed E-state index contributed by atoms with van der Waals surface area (Å²) in [7, 11) is 0. The average molecular weight is 484 g/mol. The van der Waals surface area contributed by atoms with Crippen LogP contribution in [0.4, 0.5) is 28.7 Å². The lowest BCUT2D eigenvalue weighted by Crippen LogP contribution is -2.19. The Bertz CT molecular complexity index is 1470. The number of benzene rings is 3. The summed E-state index contributed by atoms with van der Waals surface area (Å²) in [5.41, 5.74) is 0.966. The van der Waals surface area contributed by atoms with Crippen molar-refractivity contribution in [1.82, 2.24) is 9.97 Å². The van der Waals surface area contributed by atoms with E-state index in [4.69, 9.17) is 23.2 Å². The SMILES string of the molecule is Cc1ccccc1N(C=O)c1cc([N+](=O)[O-])cc2c(=O)[nH]c(Nc3ccc(Cl)c(Cl)c3)nc12.